The van der Waals surface area contributed by atoms with Crippen LogP contribution in [0.4, 0.5) is 0 Å². The number of imidazole rings is 1. The lowest BCUT2D eigenvalue weighted by Gasteiger charge is -2.17. The number of hydrogen-bond donors (Lipinski definition) is 2. The molecule has 1 aromatic heterocycles. The molecule has 0 radical (unpaired) electrons. The van der Waals surface area contributed by atoms with Crippen LogP contribution in [0, 0.1) is 0 Å². The van der Waals surface area contributed by atoms with E-state index in [0.29, 0.717) is 0 Å². The van der Waals surface area contributed by atoms with Gasteiger partial charge in [-0.25, -0.2) is 4.98 Å². The second kappa shape index (κ2) is 5.78. The zero-order valence-corrected chi connectivity index (χ0v) is 12.6. The predicted molar refractivity (Wildman–Crippen MR) is 85.5 cm³/mol. The molecule has 0 amide bonds. The molecular formula is C17H24N4. The molecule has 1 aliphatic carbocycles. The number of H-pyrrole nitrogens is 1. The predicted octanol–water partition coefficient (Wildman–Crippen LogP) is 2.24. The maximum Gasteiger partial charge on any atom is 0.121 e. The Hall–Kier alpha value is -1.39. The third kappa shape index (κ3) is 2.83. The summed E-state index contributed by atoms with van der Waals surface area (Å²) in [5.41, 5.74) is 5.42. The fourth-order valence-corrected chi connectivity index (χ4v) is 3.64. The van der Waals surface area contributed by atoms with Gasteiger partial charge < -0.3 is 10.3 Å². The summed E-state index contributed by atoms with van der Waals surface area (Å²) in [7, 11) is 0. The Morgan fingerprint density at radius 2 is 1.86 bits per heavy atom. The molecule has 4 rings (SSSR count). The van der Waals surface area contributed by atoms with Crippen LogP contribution in [-0.2, 0) is 19.4 Å². The van der Waals surface area contributed by atoms with E-state index in [2.05, 4.69) is 27.3 Å². The minimum atomic E-state index is 0.945. The number of fused-ring (bicyclic) bond motifs is 2. The number of aromatic nitrogens is 2. The fourth-order valence-electron chi connectivity index (χ4n) is 3.64. The third-order valence-corrected chi connectivity index (χ3v) is 4.80. The Morgan fingerprint density at radius 3 is 2.76 bits per heavy atom. The first kappa shape index (κ1) is 13.3. The Morgan fingerprint density at radius 1 is 1.00 bits per heavy atom. The molecule has 1 fully saturated rings. The summed E-state index contributed by atoms with van der Waals surface area (Å²) in [6, 6.07) is 4.65. The number of benzene rings is 1. The molecule has 0 unspecified atom stereocenters. The molecule has 0 bridgehead atoms. The zero-order chi connectivity index (χ0) is 14.1. The minimum Gasteiger partial charge on any atom is -0.341 e. The van der Waals surface area contributed by atoms with Gasteiger partial charge in [-0.05, 0) is 68.5 Å². The molecule has 1 aromatic carbocycles. The Balaban J connectivity index is 1.58. The van der Waals surface area contributed by atoms with Crippen LogP contribution in [-0.4, -0.2) is 41.0 Å². The van der Waals surface area contributed by atoms with E-state index in [9.17, 15) is 0 Å². The third-order valence-electron chi connectivity index (χ3n) is 4.80. The summed E-state index contributed by atoms with van der Waals surface area (Å²) < 4.78 is 0. The van der Waals surface area contributed by atoms with E-state index in [1.807, 2.05) is 0 Å². The molecule has 2 N–H and O–H groups in total. The van der Waals surface area contributed by atoms with E-state index in [1.165, 1.54) is 55.3 Å². The number of nitrogens with zero attached hydrogens (tertiary/aromatic N) is 2. The summed E-state index contributed by atoms with van der Waals surface area (Å²) in [5, 5.41) is 3.45. The molecular weight excluding hydrogens is 260 g/mol. The number of nitrogens with one attached hydrogen (secondary N) is 2. The topological polar surface area (TPSA) is 44.0 Å². The van der Waals surface area contributed by atoms with Crippen LogP contribution in [0.1, 0.15) is 36.2 Å². The van der Waals surface area contributed by atoms with Crippen LogP contribution in [0.5, 0.6) is 0 Å². The highest BCUT2D eigenvalue weighted by Crippen LogP contribution is 2.25. The smallest absolute Gasteiger partial charge is 0.121 e. The van der Waals surface area contributed by atoms with Crippen molar-refractivity contribution in [2.45, 2.75) is 38.6 Å². The Kier molecular flexibility index (Phi) is 3.65. The van der Waals surface area contributed by atoms with Crippen molar-refractivity contribution in [3.05, 3.63) is 29.1 Å². The molecule has 0 atom stereocenters. The van der Waals surface area contributed by atoms with E-state index in [4.69, 9.17) is 4.98 Å². The van der Waals surface area contributed by atoms with E-state index in [1.54, 1.807) is 0 Å². The van der Waals surface area contributed by atoms with E-state index >= 15 is 0 Å². The monoisotopic (exact) mass is 284 g/mol. The van der Waals surface area contributed by atoms with Crippen molar-refractivity contribution in [1.82, 2.24) is 20.2 Å². The van der Waals surface area contributed by atoms with Gasteiger partial charge >= 0.3 is 0 Å². The molecule has 1 saturated heterocycles. The average Bonchev–Trinajstić information content (AvgIpc) is 2.70. The average molecular weight is 284 g/mol. The van der Waals surface area contributed by atoms with Gasteiger partial charge in [0.2, 0.25) is 0 Å². The second-order valence-electron chi connectivity index (χ2n) is 6.41. The quantitative estimate of drug-likeness (QED) is 0.889. The Bertz CT molecular complexity index is 580. The lowest BCUT2D eigenvalue weighted by molar-refractivity contribution is 0.278. The molecule has 4 heteroatoms. The van der Waals surface area contributed by atoms with Crippen molar-refractivity contribution >= 4 is 11.0 Å². The van der Waals surface area contributed by atoms with Crippen LogP contribution in [0.15, 0.2) is 12.1 Å². The summed E-state index contributed by atoms with van der Waals surface area (Å²) in [6.07, 6.45) is 6.36. The zero-order valence-electron chi connectivity index (χ0n) is 12.6. The highest BCUT2D eigenvalue weighted by atomic mass is 15.2. The number of rotatable bonds is 2. The largest absolute Gasteiger partial charge is 0.341 e. The van der Waals surface area contributed by atoms with Gasteiger partial charge in [0.1, 0.15) is 5.82 Å². The second-order valence-corrected chi connectivity index (χ2v) is 6.41. The fraction of sp³-hybridized carbons (Fsp3) is 0.588. The van der Waals surface area contributed by atoms with Crippen molar-refractivity contribution in [3.63, 3.8) is 0 Å². The van der Waals surface area contributed by atoms with Crippen molar-refractivity contribution in [2.24, 2.45) is 0 Å². The first-order valence-electron chi connectivity index (χ1n) is 8.32. The van der Waals surface area contributed by atoms with Gasteiger partial charge in [-0.1, -0.05) is 0 Å². The van der Waals surface area contributed by atoms with E-state index < -0.39 is 0 Å². The molecule has 2 aromatic rings. The molecule has 0 spiro atoms. The van der Waals surface area contributed by atoms with Crippen molar-refractivity contribution in [3.8, 4) is 0 Å². The number of aryl methyl sites for hydroxylation is 2. The van der Waals surface area contributed by atoms with Gasteiger partial charge in [0, 0.05) is 13.1 Å². The highest BCUT2D eigenvalue weighted by Gasteiger charge is 2.14. The van der Waals surface area contributed by atoms with Crippen molar-refractivity contribution in [1.29, 1.82) is 0 Å². The first-order chi connectivity index (χ1) is 10.4. The number of hydrogen-bond acceptors (Lipinski definition) is 3. The highest BCUT2D eigenvalue weighted by molar-refractivity contribution is 5.77. The SMILES string of the molecule is c1c2c(cc3[nH]c(CN4CCCNCC4)nc13)CCCC2. The van der Waals surface area contributed by atoms with Gasteiger partial charge in [-0.2, -0.15) is 0 Å². The summed E-state index contributed by atoms with van der Waals surface area (Å²) in [4.78, 5) is 10.9. The summed E-state index contributed by atoms with van der Waals surface area (Å²) >= 11 is 0. The van der Waals surface area contributed by atoms with Gasteiger partial charge in [0.15, 0.2) is 0 Å². The standard InChI is InChI=1S/C17H24N4/c1-2-5-14-11-16-15(10-13(14)4-1)19-17(20-16)12-21-8-3-6-18-7-9-21/h10-11,18H,1-9,12H2,(H,19,20). The molecule has 0 saturated carbocycles. The van der Waals surface area contributed by atoms with Crippen LogP contribution in [0.25, 0.3) is 11.0 Å². The van der Waals surface area contributed by atoms with Gasteiger partial charge in [-0.3, -0.25) is 4.90 Å². The first-order valence-corrected chi connectivity index (χ1v) is 8.32. The lowest BCUT2D eigenvalue weighted by Crippen LogP contribution is -2.28. The lowest BCUT2D eigenvalue weighted by atomic mass is 9.91. The van der Waals surface area contributed by atoms with Crippen LogP contribution < -0.4 is 5.32 Å². The molecule has 21 heavy (non-hydrogen) atoms. The maximum absolute atomic E-state index is 4.83. The molecule has 4 nitrogen and oxygen atoms in total. The van der Waals surface area contributed by atoms with Gasteiger partial charge in [0.05, 0.1) is 17.6 Å². The number of aromatic amines is 1. The van der Waals surface area contributed by atoms with Crippen molar-refractivity contribution in [2.75, 3.05) is 26.2 Å². The molecule has 2 heterocycles. The summed E-state index contributed by atoms with van der Waals surface area (Å²) in [6.45, 7) is 5.47. The maximum atomic E-state index is 4.83. The van der Waals surface area contributed by atoms with E-state index in [0.717, 1.165) is 37.5 Å². The summed E-state index contributed by atoms with van der Waals surface area (Å²) in [5.74, 6) is 1.12. The van der Waals surface area contributed by atoms with Crippen LogP contribution >= 0.6 is 0 Å². The Labute approximate surface area is 125 Å². The van der Waals surface area contributed by atoms with Crippen LogP contribution in [0.3, 0.4) is 0 Å². The van der Waals surface area contributed by atoms with Crippen LogP contribution in [0.2, 0.25) is 0 Å². The van der Waals surface area contributed by atoms with Gasteiger partial charge in [0.25, 0.3) is 0 Å². The molecule has 112 valence electrons. The molecule has 1 aliphatic heterocycles. The van der Waals surface area contributed by atoms with E-state index in [-0.39, 0.29) is 0 Å². The minimum absolute atomic E-state index is 0.945. The van der Waals surface area contributed by atoms with Crippen molar-refractivity contribution < 1.29 is 0 Å². The normalized spacial score (nSPS) is 20.4. The van der Waals surface area contributed by atoms with Gasteiger partial charge in [-0.15, -0.1) is 0 Å². The molecule has 2 aliphatic rings.